The first-order valence-corrected chi connectivity index (χ1v) is 4.72. The van der Waals surface area contributed by atoms with Crippen molar-refractivity contribution in [2.75, 3.05) is 14.2 Å². The van der Waals surface area contributed by atoms with Crippen molar-refractivity contribution in [2.24, 2.45) is 0 Å². The molecule has 0 bridgehead atoms. The van der Waals surface area contributed by atoms with E-state index in [9.17, 15) is 14.7 Å². The van der Waals surface area contributed by atoms with Gasteiger partial charge < -0.3 is 19.7 Å². The smallest absolute Gasteiger partial charge is 0.377 e. The average molecular weight is 261 g/mol. The number of phenols is 1. The first kappa shape index (κ1) is 13.1. The first-order valence-electron chi connectivity index (χ1n) is 4.35. The Bertz CT molecular complexity index is 482. The summed E-state index contributed by atoms with van der Waals surface area (Å²) in [5.41, 5.74) is -0.531. The molecule has 92 valence electrons. The molecule has 0 radical (unpaired) electrons. The lowest BCUT2D eigenvalue weighted by Crippen LogP contribution is -2.14. The van der Waals surface area contributed by atoms with E-state index in [4.69, 9.17) is 26.2 Å². The number of aliphatic carboxylic acids is 1. The summed E-state index contributed by atoms with van der Waals surface area (Å²) in [4.78, 5) is 21.9. The number of aromatic hydroxyl groups is 1. The number of carbonyl (C=O) groups is 2. The third-order valence-electron chi connectivity index (χ3n) is 2.01. The standard InChI is InChI=1S/C10H9ClO6/c1-16-5-3-4(12)6(8(13)10(14)15)7(11)9(5)17-2/h3,12H,1-2H3,(H,14,15). The predicted molar refractivity (Wildman–Crippen MR) is 58.2 cm³/mol. The molecule has 0 amide bonds. The molecule has 0 saturated heterocycles. The van der Waals surface area contributed by atoms with Gasteiger partial charge in [0.1, 0.15) is 10.8 Å². The van der Waals surface area contributed by atoms with Crippen LogP contribution in [0.15, 0.2) is 6.07 Å². The zero-order valence-corrected chi connectivity index (χ0v) is 9.74. The molecule has 0 spiro atoms. The summed E-state index contributed by atoms with van der Waals surface area (Å²) in [6, 6.07) is 1.06. The second-order valence-corrected chi connectivity index (χ2v) is 3.33. The van der Waals surface area contributed by atoms with Crippen LogP contribution < -0.4 is 9.47 Å². The number of rotatable bonds is 4. The number of ether oxygens (including phenoxy) is 2. The van der Waals surface area contributed by atoms with Gasteiger partial charge in [0, 0.05) is 6.07 Å². The van der Waals surface area contributed by atoms with Gasteiger partial charge in [0.25, 0.3) is 5.78 Å². The van der Waals surface area contributed by atoms with Gasteiger partial charge in [-0.25, -0.2) is 4.79 Å². The molecule has 0 aromatic heterocycles. The second kappa shape index (κ2) is 4.92. The highest BCUT2D eigenvalue weighted by Gasteiger charge is 2.27. The van der Waals surface area contributed by atoms with Crippen molar-refractivity contribution in [1.82, 2.24) is 0 Å². The maximum absolute atomic E-state index is 11.3. The summed E-state index contributed by atoms with van der Waals surface area (Å²) < 4.78 is 9.74. The molecular weight excluding hydrogens is 252 g/mol. The van der Waals surface area contributed by atoms with E-state index in [1.165, 1.54) is 14.2 Å². The third-order valence-corrected chi connectivity index (χ3v) is 2.37. The van der Waals surface area contributed by atoms with Crippen LogP contribution in [0.1, 0.15) is 10.4 Å². The molecule has 7 heteroatoms. The number of phenolic OH excluding ortho intramolecular Hbond substituents is 1. The Labute approximate surface area is 101 Å². The molecule has 1 rings (SSSR count). The number of hydrogen-bond donors (Lipinski definition) is 2. The van der Waals surface area contributed by atoms with Crippen LogP contribution in [-0.2, 0) is 4.79 Å². The monoisotopic (exact) mass is 260 g/mol. The van der Waals surface area contributed by atoms with E-state index >= 15 is 0 Å². The lowest BCUT2D eigenvalue weighted by molar-refractivity contribution is -0.131. The lowest BCUT2D eigenvalue weighted by Gasteiger charge is -2.12. The molecule has 0 aliphatic rings. The SMILES string of the molecule is COc1cc(O)c(C(=O)C(=O)O)c(Cl)c1OC. The van der Waals surface area contributed by atoms with Crippen molar-refractivity contribution in [1.29, 1.82) is 0 Å². The molecule has 2 N–H and O–H groups in total. The Hall–Kier alpha value is -1.95. The zero-order chi connectivity index (χ0) is 13.2. The summed E-state index contributed by atoms with van der Waals surface area (Å²) in [5.74, 6) is -3.56. The number of methoxy groups -OCH3 is 2. The van der Waals surface area contributed by atoms with Crippen LogP contribution in [0.2, 0.25) is 5.02 Å². The number of Topliss-reactive ketones (excluding diaryl/α,β-unsaturated/α-hetero) is 1. The van der Waals surface area contributed by atoms with Crippen molar-refractivity contribution >= 4 is 23.4 Å². The molecule has 0 fully saturated rings. The van der Waals surface area contributed by atoms with Gasteiger partial charge in [0.15, 0.2) is 11.5 Å². The van der Waals surface area contributed by atoms with Crippen molar-refractivity contribution in [2.45, 2.75) is 0 Å². The largest absolute Gasteiger partial charge is 0.507 e. The number of carbonyl (C=O) groups excluding carboxylic acids is 1. The van der Waals surface area contributed by atoms with E-state index in [-0.39, 0.29) is 16.5 Å². The van der Waals surface area contributed by atoms with Crippen molar-refractivity contribution in [3.8, 4) is 17.2 Å². The van der Waals surface area contributed by atoms with E-state index in [2.05, 4.69) is 0 Å². The Morgan fingerprint density at radius 1 is 1.29 bits per heavy atom. The van der Waals surface area contributed by atoms with Gasteiger partial charge in [0.2, 0.25) is 0 Å². The van der Waals surface area contributed by atoms with Gasteiger partial charge >= 0.3 is 5.97 Å². The number of halogens is 1. The topological polar surface area (TPSA) is 93.1 Å². The van der Waals surface area contributed by atoms with Crippen LogP contribution in [0.5, 0.6) is 17.2 Å². The zero-order valence-electron chi connectivity index (χ0n) is 8.98. The minimum absolute atomic E-state index is 0.0171. The maximum Gasteiger partial charge on any atom is 0.377 e. The molecule has 0 unspecified atom stereocenters. The van der Waals surface area contributed by atoms with Crippen molar-refractivity contribution in [3.05, 3.63) is 16.7 Å². The summed E-state index contributed by atoms with van der Waals surface area (Å²) in [7, 11) is 2.59. The summed E-state index contributed by atoms with van der Waals surface area (Å²) in [5, 5.41) is 17.8. The molecule has 0 heterocycles. The molecule has 0 saturated carbocycles. The summed E-state index contributed by atoms with van der Waals surface area (Å²) >= 11 is 5.79. The maximum atomic E-state index is 11.3. The summed E-state index contributed by atoms with van der Waals surface area (Å²) in [6.45, 7) is 0. The highest BCUT2D eigenvalue weighted by atomic mass is 35.5. The van der Waals surface area contributed by atoms with Gasteiger partial charge in [-0.2, -0.15) is 0 Å². The Morgan fingerprint density at radius 2 is 1.88 bits per heavy atom. The number of carboxylic acids is 1. The molecular formula is C10H9ClO6. The molecule has 0 aliphatic heterocycles. The molecule has 17 heavy (non-hydrogen) atoms. The van der Waals surface area contributed by atoms with E-state index in [0.717, 1.165) is 6.07 Å². The minimum Gasteiger partial charge on any atom is -0.507 e. The van der Waals surface area contributed by atoms with Gasteiger partial charge in [-0.05, 0) is 0 Å². The number of carboxylic acid groups (broad SMARTS) is 1. The second-order valence-electron chi connectivity index (χ2n) is 2.95. The van der Waals surface area contributed by atoms with E-state index < -0.39 is 23.1 Å². The lowest BCUT2D eigenvalue weighted by atomic mass is 10.1. The highest BCUT2D eigenvalue weighted by molar-refractivity contribution is 6.46. The number of ketones is 1. The Kier molecular flexibility index (Phi) is 3.80. The van der Waals surface area contributed by atoms with Gasteiger partial charge in [0.05, 0.1) is 19.8 Å². The summed E-state index contributed by atoms with van der Waals surface area (Å²) in [6.07, 6.45) is 0. The number of hydrogen-bond acceptors (Lipinski definition) is 5. The van der Waals surface area contributed by atoms with Gasteiger partial charge in [-0.1, -0.05) is 11.6 Å². The van der Waals surface area contributed by atoms with Crippen LogP contribution >= 0.6 is 11.6 Å². The van der Waals surface area contributed by atoms with Crippen LogP contribution in [-0.4, -0.2) is 36.2 Å². The molecule has 0 atom stereocenters. The van der Waals surface area contributed by atoms with E-state index in [1.54, 1.807) is 0 Å². The van der Waals surface area contributed by atoms with Crippen LogP contribution in [0.3, 0.4) is 0 Å². The van der Waals surface area contributed by atoms with E-state index in [1.807, 2.05) is 0 Å². The molecule has 1 aromatic rings. The van der Waals surface area contributed by atoms with Gasteiger partial charge in [-0.3, -0.25) is 4.79 Å². The fourth-order valence-electron chi connectivity index (χ4n) is 1.26. The van der Waals surface area contributed by atoms with E-state index in [0.29, 0.717) is 0 Å². The Morgan fingerprint density at radius 3 is 2.29 bits per heavy atom. The fourth-order valence-corrected chi connectivity index (χ4v) is 1.61. The quantitative estimate of drug-likeness (QED) is 0.627. The molecule has 1 aromatic carbocycles. The van der Waals surface area contributed by atoms with Crippen LogP contribution in [0.25, 0.3) is 0 Å². The van der Waals surface area contributed by atoms with Crippen molar-refractivity contribution in [3.63, 3.8) is 0 Å². The average Bonchev–Trinajstić information content (AvgIpc) is 2.27. The molecule has 6 nitrogen and oxygen atoms in total. The predicted octanol–water partition coefficient (Wildman–Crippen LogP) is 1.33. The molecule has 0 aliphatic carbocycles. The number of benzene rings is 1. The van der Waals surface area contributed by atoms with Crippen LogP contribution in [0.4, 0.5) is 0 Å². The highest BCUT2D eigenvalue weighted by Crippen LogP contribution is 2.42. The van der Waals surface area contributed by atoms with Crippen LogP contribution in [0, 0.1) is 0 Å². The minimum atomic E-state index is -1.73. The fraction of sp³-hybridized carbons (Fsp3) is 0.200. The Balaban J connectivity index is 3.52. The normalized spacial score (nSPS) is 9.82. The third kappa shape index (κ3) is 2.26. The first-order chi connectivity index (χ1) is 7.93. The van der Waals surface area contributed by atoms with Gasteiger partial charge in [-0.15, -0.1) is 0 Å². The van der Waals surface area contributed by atoms with Crippen molar-refractivity contribution < 1.29 is 29.3 Å².